The van der Waals surface area contributed by atoms with Crippen LogP contribution in [0, 0.1) is 0 Å². The Hall–Kier alpha value is -2.74. The molecule has 2 rings (SSSR count). The number of nitrogens with one attached hydrogen (secondary N) is 3. The lowest BCUT2D eigenvalue weighted by atomic mass is 10.2. The van der Waals surface area contributed by atoms with Gasteiger partial charge in [-0.05, 0) is 17.7 Å². The first kappa shape index (κ1) is 15.6. The van der Waals surface area contributed by atoms with Crippen molar-refractivity contribution >= 4 is 23.7 Å². The highest BCUT2D eigenvalue weighted by molar-refractivity contribution is 6.30. The maximum atomic E-state index is 11.6. The van der Waals surface area contributed by atoms with Gasteiger partial charge in [-0.15, -0.1) is 0 Å². The van der Waals surface area contributed by atoms with Gasteiger partial charge < -0.3 is 0 Å². The molecule has 1 aromatic heterocycles. The average molecular weight is 322 g/mol. The highest BCUT2D eigenvalue weighted by Crippen LogP contribution is 2.07. The number of rotatable bonds is 5. The average Bonchev–Trinajstić information content (AvgIpc) is 2.48. The van der Waals surface area contributed by atoms with E-state index in [9.17, 15) is 14.4 Å². The van der Waals surface area contributed by atoms with Crippen molar-refractivity contribution in [2.24, 2.45) is 5.10 Å². The minimum atomic E-state index is -0.689. The Balaban J connectivity index is 1.84. The standard InChI is InChI=1S/C13H12ClN5O3/c14-9-3-1-8(2-4-9)7-15-18-11(20)6-5-10-12(21)16-13(22)19-17-10/h1-4,7H,5-6H2,(H,18,20)(H2,16,19,21,22)/b15-7-. The van der Waals surface area contributed by atoms with Gasteiger partial charge in [0.15, 0.2) is 0 Å². The van der Waals surface area contributed by atoms with Crippen molar-refractivity contribution in [2.45, 2.75) is 12.8 Å². The Kier molecular flexibility index (Phi) is 5.21. The lowest BCUT2D eigenvalue weighted by molar-refractivity contribution is -0.121. The second-order valence-electron chi connectivity index (χ2n) is 4.30. The van der Waals surface area contributed by atoms with Crippen molar-refractivity contribution in [3.63, 3.8) is 0 Å². The fourth-order valence-corrected chi connectivity index (χ4v) is 1.68. The number of nitrogens with zero attached hydrogens (tertiary/aromatic N) is 2. The smallest absolute Gasteiger partial charge is 0.273 e. The minimum absolute atomic E-state index is 0.0140. The van der Waals surface area contributed by atoms with Crippen LogP contribution in [0.15, 0.2) is 39.0 Å². The Labute approximate surface area is 129 Å². The summed E-state index contributed by atoms with van der Waals surface area (Å²) in [5.74, 6) is -0.377. The summed E-state index contributed by atoms with van der Waals surface area (Å²) >= 11 is 5.75. The summed E-state index contributed by atoms with van der Waals surface area (Å²) in [5, 5.41) is 10.1. The largest absolute Gasteiger partial charge is 0.342 e. The van der Waals surface area contributed by atoms with E-state index in [4.69, 9.17) is 11.6 Å². The van der Waals surface area contributed by atoms with E-state index in [2.05, 4.69) is 20.7 Å². The zero-order valence-electron chi connectivity index (χ0n) is 11.3. The van der Waals surface area contributed by atoms with Crippen LogP contribution in [0.2, 0.25) is 5.02 Å². The second-order valence-corrected chi connectivity index (χ2v) is 4.73. The summed E-state index contributed by atoms with van der Waals surface area (Å²) < 4.78 is 0. The van der Waals surface area contributed by atoms with Gasteiger partial charge >= 0.3 is 5.69 Å². The number of amides is 1. The molecule has 0 fully saturated rings. The number of hydrazone groups is 1. The maximum Gasteiger partial charge on any atom is 0.342 e. The van der Waals surface area contributed by atoms with E-state index in [1.54, 1.807) is 24.3 Å². The molecule has 9 heteroatoms. The molecule has 3 N–H and O–H groups in total. The number of hydrogen-bond acceptors (Lipinski definition) is 5. The molecule has 1 heterocycles. The summed E-state index contributed by atoms with van der Waals surface area (Å²) in [4.78, 5) is 35.8. The number of carbonyl (C=O) groups excluding carboxylic acids is 1. The summed E-state index contributed by atoms with van der Waals surface area (Å²) in [6.45, 7) is 0. The molecule has 0 saturated heterocycles. The zero-order valence-corrected chi connectivity index (χ0v) is 12.1. The van der Waals surface area contributed by atoms with Crippen LogP contribution >= 0.6 is 11.6 Å². The molecule has 2 aromatic rings. The SMILES string of the molecule is O=C(CCc1n[nH]c(=O)[nH]c1=O)N/N=C\c1ccc(Cl)cc1. The number of benzene rings is 1. The molecule has 0 bridgehead atoms. The maximum absolute atomic E-state index is 11.6. The molecular weight excluding hydrogens is 310 g/mol. The van der Waals surface area contributed by atoms with E-state index in [0.29, 0.717) is 5.02 Å². The normalized spacial score (nSPS) is 10.8. The molecule has 1 aromatic carbocycles. The molecule has 0 aliphatic heterocycles. The summed E-state index contributed by atoms with van der Waals surface area (Å²) in [6, 6.07) is 6.92. The van der Waals surface area contributed by atoms with Crippen LogP contribution in [0.25, 0.3) is 0 Å². The third-order valence-corrected chi connectivity index (χ3v) is 2.90. The van der Waals surface area contributed by atoms with Crippen molar-refractivity contribution in [1.29, 1.82) is 0 Å². The molecule has 0 atom stereocenters. The summed E-state index contributed by atoms with van der Waals surface area (Å²) in [6.07, 6.45) is 1.58. The minimum Gasteiger partial charge on any atom is -0.273 e. The topological polar surface area (TPSA) is 120 Å². The first-order chi connectivity index (χ1) is 10.5. The van der Waals surface area contributed by atoms with E-state index in [1.807, 2.05) is 4.98 Å². The van der Waals surface area contributed by atoms with Gasteiger partial charge in [0.1, 0.15) is 5.69 Å². The number of aromatic amines is 2. The van der Waals surface area contributed by atoms with Crippen molar-refractivity contribution in [3.8, 4) is 0 Å². The Bertz CT molecular complexity index is 794. The Morgan fingerprint density at radius 1 is 1.32 bits per heavy atom. The molecule has 1 amide bonds. The van der Waals surface area contributed by atoms with Crippen LogP contribution in [0.5, 0.6) is 0 Å². The number of aryl methyl sites for hydroxylation is 1. The van der Waals surface area contributed by atoms with Crippen LogP contribution in [0.3, 0.4) is 0 Å². The van der Waals surface area contributed by atoms with Gasteiger partial charge in [0.25, 0.3) is 5.56 Å². The van der Waals surface area contributed by atoms with Crippen LogP contribution in [-0.2, 0) is 11.2 Å². The van der Waals surface area contributed by atoms with Crippen molar-refractivity contribution in [2.75, 3.05) is 0 Å². The van der Waals surface area contributed by atoms with Gasteiger partial charge in [0.05, 0.1) is 6.21 Å². The summed E-state index contributed by atoms with van der Waals surface area (Å²) in [5.41, 5.74) is 1.89. The number of aromatic nitrogens is 3. The fraction of sp³-hybridized carbons (Fsp3) is 0.154. The van der Waals surface area contributed by atoms with E-state index in [1.165, 1.54) is 6.21 Å². The van der Waals surface area contributed by atoms with Crippen LogP contribution in [0.4, 0.5) is 0 Å². The molecule has 0 saturated carbocycles. The first-order valence-corrected chi connectivity index (χ1v) is 6.68. The highest BCUT2D eigenvalue weighted by atomic mass is 35.5. The molecule has 0 aliphatic rings. The number of hydrogen-bond donors (Lipinski definition) is 3. The van der Waals surface area contributed by atoms with Gasteiger partial charge in [-0.25, -0.2) is 15.3 Å². The molecule has 0 radical (unpaired) electrons. The monoisotopic (exact) mass is 321 g/mol. The van der Waals surface area contributed by atoms with E-state index in [0.717, 1.165) is 5.56 Å². The zero-order chi connectivity index (χ0) is 15.9. The summed E-state index contributed by atoms with van der Waals surface area (Å²) in [7, 11) is 0. The number of carbonyl (C=O) groups is 1. The van der Waals surface area contributed by atoms with Gasteiger partial charge in [-0.3, -0.25) is 14.6 Å². The van der Waals surface area contributed by atoms with Gasteiger partial charge in [0, 0.05) is 17.9 Å². The number of H-pyrrole nitrogens is 2. The highest BCUT2D eigenvalue weighted by Gasteiger charge is 2.06. The number of halogens is 1. The quantitative estimate of drug-likeness (QED) is 0.538. The van der Waals surface area contributed by atoms with Crippen molar-refractivity contribution < 1.29 is 4.79 Å². The predicted molar refractivity (Wildman–Crippen MR) is 81.0 cm³/mol. The molecule has 0 unspecified atom stereocenters. The third kappa shape index (κ3) is 4.67. The Morgan fingerprint density at radius 2 is 2.05 bits per heavy atom. The van der Waals surface area contributed by atoms with Crippen molar-refractivity contribution in [1.82, 2.24) is 20.6 Å². The van der Waals surface area contributed by atoms with Crippen LogP contribution < -0.4 is 16.7 Å². The molecule has 0 spiro atoms. The van der Waals surface area contributed by atoms with Gasteiger partial charge in [0.2, 0.25) is 5.91 Å². The van der Waals surface area contributed by atoms with Crippen LogP contribution in [0.1, 0.15) is 17.7 Å². The third-order valence-electron chi connectivity index (χ3n) is 2.64. The first-order valence-electron chi connectivity index (χ1n) is 6.30. The molecule has 114 valence electrons. The lowest BCUT2D eigenvalue weighted by Gasteiger charge is -1.99. The molecular formula is C13H12ClN5O3. The Morgan fingerprint density at radius 3 is 2.73 bits per heavy atom. The van der Waals surface area contributed by atoms with Crippen LogP contribution in [-0.4, -0.2) is 27.3 Å². The van der Waals surface area contributed by atoms with E-state index >= 15 is 0 Å². The van der Waals surface area contributed by atoms with E-state index < -0.39 is 11.2 Å². The van der Waals surface area contributed by atoms with Gasteiger partial charge in [-0.2, -0.15) is 10.2 Å². The molecule has 8 nitrogen and oxygen atoms in total. The van der Waals surface area contributed by atoms with Gasteiger partial charge in [-0.1, -0.05) is 23.7 Å². The van der Waals surface area contributed by atoms with E-state index in [-0.39, 0.29) is 24.4 Å². The second kappa shape index (κ2) is 7.32. The molecule has 0 aliphatic carbocycles. The lowest BCUT2D eigenvalue weighted by Crippen LogP contribution is -2.28. The molecule has 22 heavy (non-hydrogen) atoms. The fourth-order valence-electron chi connectivity index (χ4n) is 1.56. The van der Waals surface area contributed by atoms with Crippen molar-refractivity contribution in [3.05, 3.63) is 61.4 Å². The predicted octanol–water partition coefficient (Wildman–Crippen LogP) is 0.195.